The van der Waals surface area contributed by atoms with E-state index in [1.54, 1.807) is 0 Å². The molecule has 24 heavy (non-hydrogen) atoms. The third kappa shape index (κ3) is 19.7. The molecule has 0 spiro atoms. The van der Waals surface area contributed by atoms with Gasteiger partial charge in [0.05, 0.1) is 0 Å². The molecular weight excluding hydrogens is 292 g/mol. The second-order valence-electron chi connectivity index (χ2n) is 7.70. The fraction of sp³-hybridized carbons (Fsp3) is 0.957. The Balaban J connectivity index is 3.08. The molecule has 0 aliphatic rings. The Morgan fingerprint density at radius 3 is 1.00 bits per heavy atom. The van der Waals surface area contributed by atoms with Crippen molar-refractivity contribution in [3.8, 4) is 0 Å². The number of carbonyl (C=O) groups excluding carboxylic acids is 1. The van der Waals surface area contributed by atoms with Crippen LogP contribution in [0.3, 0.4) is 0 Å². The molecule has 0 atom stereocenters. The molecule has 0 aromatic rings. The van der Waals surface area contributed by atoms with E-state index in [1.807, 2.05) is 0 Å². The van der Waals surface area contributed by atoms with Gasteiger partial charge in [0, 0.05) is 12.8 Å². The van der Waals surface area contributed by atoms with E-state index in [-0.39, 0.29) is 0 Å². The first kappa shape index (κ1) is 23.7. The van der Waals surface area contributed by atoms with Crippen molar-refractivity contribution in [2.45, 2.75) is 142 Å². The van der Waals surface area contributed by atoms with Crippen LogP contribution in [0.1, 0.15) is 142 Å². The van der Waals surface area contributed by atoms with E-state index >= 15 is 0 Å². The average molecular weight is 339 g/mol. The first-order valence-corrected chi connectivity index (χ1v) is 11.3. The van der Waals surface area contributed by atoms with Crippen LogP contribution in [0.15, 0.2) is 0 Å². The normalized spacial score (nSPS) is 11.1. The highest BCUT2D eigenvalue weighted by Gasteiger charge is 2.01. The molecule has 0 aromatic carbocycles. The molecule has 0 N–H and O–H groups in total. The SMILES string of the molecule is CCCCCCCCCCCCCCCCC(=O)CCCCCC. The lowest BCUT2D eigenvalue weighted by atomic mass is 10.0. The fourth-order valence-electron chi connectivity index (χ4n) is 3.39. The molecule has 0 aromatic heterocycles. The van der Waals surface area contributed by atoms with Gasteiger partial charge in [0.1, 0.15) is 5.78 Å². The van der Waals surface area contributed by atoms with Crippen LogP contribution in [0.5, 0.6) is 0 Å². The van der Waals surface area contributed by atoms with E-state index < -0.39 is 0 Å². The van der Waals surface area contributed by atoms with Crippen molar-refractivity contribution in [1.29, 1.82) is 0 Å². The molecule has 0 rings (SSSR count). The van der Waals surface area contributed by atoms with E-state index in [9.17, 15) is 4.79 Å². The molecule has 0 saturated carbocycles. The number of hydrogen-bond acceptors (Lipinski definition) is 1. The van der Waals surface area contributed by atoms with Crippen molar-refractivity contribution in [3.63, 3.8) is 0 Å². The van der Waals surface area contributed by atoms with Gasteiger partial charge in [-0.25, -0.2) is 0 Å². The number of carbonyl (C=O) groups is 1. The van der Waals surface area contributed by atoms with Gasteiger partial charge in [0.2, 0.25) is 0 Å². The molecule has 0 aliphatic carbocycles. The highest BCUT2D eigenvalue weighted by Crippen LogP contribution is 2.14. The third-order valence-corrected chi connectivity index (χ3v) is 5.12. The van der Waals surface area contributed by atoms with Gasteiger partial charge >= 0.3 is 0 Å². The summed E-state index contributed by atoms with van der Waals surface area (Å²) in [4.78, 5) is 11.7. The van der Waals surface area contributed by atoms with Crippen LogP contribution in [-0.2, 0) is 4.79 Å². The maximum atomic E-state index is 11.7. The summed E-state index contributed by atoms with van der Waals surface area (Å²) >= 11 is 0. The maximum absolute atomic E-state index is 11.7. The van der Waals surface area contributed by atoms with Gasteiger partial charge in [-0.3, -0.25) is 4.79 Å². The van der Waals surface area contributed by atoms with Crippen LogP contribution in [0.2, 0.25) is 0 Å². The van der Waals surface area contributed by atoms with Crippen LogP contribution < -0.4 is 0 Å². The summed E-state index contributed by atoms with van der Waals surface area (Å²) in [5.41, 5.74) is 0. The molecule has 0 bridgehead atoms. The minimum atomic E-state index is 0.505. The predicted octanol–water partition coefficient (Wildman–Crippen LogP) is 8.40. The lowest BCUT2D eigenvalue weighted by Crippen LogP contribution is -1.97. The number of rotatable bonds is 20. The molecule has 0 aliphatic heterocycles. The standard InChI is InChI=1S/C23H46O/c1-3-5-7-9-10-11-12-13-14-15-16-17-18-20-22-23(24)21-19-8-6-4-2/h3-22H2,1-2H3. The van der Waals surface area contributed by atoms with Crippen molar-refractivity contribution in [2.24, 2.45) is 0 Å². The molecule has 1 nitrogen and oxygen atoms in total. The molecule has 0 fully saturated rings. The van der Waals surface area contributed by atoms with Crippen molar-refractivity contribution < 1.29 is 4.79 Å². The summed E-state index contributed by atoms with van der Waals surface area (Å²) in [6.45, 7) is 4.50. The van der Waals surface area contributed by atoms with Gasteiger partial charge in [-0.05, 0) is 12.8 Å². The Morgan fingerprint density at radius 1 is 0.417 bits per heavy atom. The minimum absolute atomic E-state index is 0.505. The largest absolute Gasteiger partial charge is 0.300 e. The van der Waals surface area contributed by atoms with Gasteiger partial charge in [-0.2, -0.15) is 0 Å². The fourth-order valence-corrected chi connectivity index (χ4v) is 3.39. The topological polar surface area (TPSA) is 17.1 Å². The van der Waals surface area contributed by atoms with Crippen LogP contribution in [0, 0.1) is 0 Å². The van der Waals surface area contributed by atoms with Crippen LogP contribution in [0.25, 0.3) is 0 Å². The summed E-state index contributed by atoms with van der Waals surface area (Å²) in [6.07, 6.45) is 25.9. The molecule has 0 unspecified atom stereocenters. The van der Waals surface area contributed by atoms with Crippen molar-refractivity contribution in [1.82, 2.24) is 0 Å². The van der Waals surface area contributed by atoms with Crippen molar-refractivity contribution in [3.05, 3.63) is 0 Å². The summed E-state index contributed by atoms with van der Waals surface area (Å²) in [5, 5.41) is 0. The second kappa shape index (κ2) is 20.7. The number of Topliss-reactive ketones (excluding diaryl/α,β-unsaturated/α-hetero) is 1. The number of hydrogen-bond donors (Lipinski definition) is 0. The van der Waals surface area contributed by atoms with Crippen molar-refractivity contribution >= 4 is 5.78 Å². The van der Waals surface area contributed by atoms with Crippen LogP contribution in [-0.4, -0.2) is 5.78 Å². The van der Waals surface area contributed by atoms with Gasteiger partial charge < -0.3 is 0 Å². The molecule has 0 saturated heterocycles. The van der Waals surface area contributed by atoms with E-state index in [1.165, 1.54) is 103 Å². The van der Waals surface area contributed by atoms with E-state index in [2.05, 4.69) is 13.8 Å². The molecular formula is C23H46O. The third-order valence-electron chi connectivity index (χ3n) is 5.12. The minimum Gasteiger partial charge on any atom is -0.300 e. The highest BCUT2D eigenvalue weighted by atomic mass is 16.1. The monoisotopic (exact) mass is 338 g/mol. The summed E-state index contributed by atoms with van der Waals surface area (Å²) < 4.78 is 0. The van der Waals surface area contributed by atoms with Crippen LogP contribution in [0.4, 0.5) is 0 Å². The van der Waals surface area contributed by atoms with Gasteiger partial charge in [-0.15, -0.1) is 0 Å². The van der Waals surface area contributed by atoms with E-state index in [0.717, 1.165) is 25.7 Å². The molecule has 0 heterocycles. The van der Waals surface area contributed by atoms with E-state index in [4.69, 9.17) is 0 Å². The van der Waals surface area contributed by atoms with Gasteiger partial charge in [0.25, 0.3) is 0 Å². The maximum Gasteiger partial charge on any atom is 0.132 e. The molecule has 144 valence electrons. The zero-order valence-corrected chi connectivity index (χ0v) is 17.1. The number of unbranched alkanes of at least 4 members (excludes halogenated alkanes) is 16. The Bertz CT molecular complexity index is 246. The molecule has 0 amide bonds. The Hall–Kier alpha value is -0.330. The lowest BCUT2D eigenvalue weighted by Gasteiger charge is -2.03. The zero-order valence-electron chi connectivity index (χ0n) is 17.1. The predicted molar refractivity (Wildman–Crippen MR) is 109 cm³/mol. The van der Waals surface area contributed by atoms with Gasteiger partial charge in [0.15, 0.2) is 0 Å². The van der Waals surface area contributed by atoms with Crippen LogP contribution >= 0.6 is 0 Å². The summed E-state index contributed by atoms with van der Waals surface area (Å²) in [5.74, 6) is 0.505. The second-order valence-corrected chi connectivity index (χ2v) is 7.70. The molecule has 1 heteroatoms. The zero-order chi connectivity index (χ0) is 17.7. The number of ketones is 1. The van der Waals surface area contributed by atoms with Crippen molar-refractivity contribution in [2.75, 3.05) is 0 Å². The summed E-state index contributed by atoms with van der Waals surface area (Å²) in [7, 11) is 0. The first-order chi connectivity index (χ1) is 11.8. The lowest BCUT2D eigenvalue weighted by molar-refractivity contribution is -0.119. The highest BCUT2D eigenvalue weighted by molar-refractivity contribution is 5.78. The molecule has 0 radical (unpaired) electrons. The summed E-state index contributed by atoms with van der Waals surface area (Å²) in [6, 6.07) is 0. The Labute approximate surface area is 153 Å². The Kier molecular flexibility index (Phi) is 20.4. The Morgan fingerprint density at radius 2 is 0.667 bits per heavy atom. The first-order valence-electron chi connectivity index (χ1n) is 11.3. The smallest absolute Gasteiger partial charge is 0.132 e. The van der Waals surface area contributed by atoms with E-state index in [0.29, 0.717) is 5.78 Å². The quantitative estimate of drug-likeness (QED) is 0.204. The van der Waals surface area contributed by atoms with Gasteiger partial charge in [-0.1, -0.05) is 117 Å². The average Bonchev–Trinajstić information content (AvgIpc) is 2.59.